The Bertz CT molecular complexity index is 1030. The molecule has 6 heteroatoms. The van der Waals surface area contributed by atoms with E-state index in [4.69, 9.17) is 14.5 Å². The van der Waals surface area contributed by atoms with Gasteiger partial charge in [-0.1, -0.05) is 42.5 Å². The summed E-state index contributed by atoms with van der Waals surface area (Å²) in [5.41, 5.74) is 3.55. The van der Waals surface area contributed by atoms with Crippen LogP contribution < -0.4 is 15.0 Å². The normalized spacial score (nSPS) is 13.8. The van der Waals surface area contributed by atoms with E-state index in [1.807, 2.05) is 48.5 Å². The number of H-pyrrole nitrogens is 1. The average Bonchev–Trinajstić information content (AvgIpc) is 2.74. The highest BCUT2D eigenvalue weighted by molar-refractivity contribution is 5.54. The summed E-state index contributed by atoms with van der Waals surface area (Å²) in [6.07, 6.45) is 0.680. The van der Waals surface area contributed by atoms with Crippen molar-refractivity contribution in [3.8, 4) is 22.9 Å². The number of aromatic amines is 1. The van der Waals surface area contributed by atoms with Crippen molar-refractivity contribution in [1.29, 1.82) is 0 Å². The molecular formula is C22H23N3O3. The topological polar surface area (TPSA) is 67.5 Å². The molecule has 0 atom stereocenters. The van der Waals surface area contributed by atoms with E-state index in [1.165, 1.54) is 0 Å². The monoisotopic (exact) mass is 377 g/mol. The summed E-state index contributed by atoms with van der Waals surface area (Å²) in [5, 5.41) is 0. The molecule has 1 aliphatic heterocycles. The Labute approximate surface area is 163 Å². The van der Waals surface area contributed by atoms with E-state index in [0.29, 0.717) is 25.3 Å². The summed E-state index contributed by atoms with van der Waals surface area (Å²) in [4.78, 5) is 22.5. The van der Waals surface area contributed by atoms with Crippen LogP contribution in [0.5, 0.6) is 11.5 Å². The van der Waals surface area contributed by atoms with Crippen LogP contribution >= 0.6 is 0 Å². The lowest BCUT2D eigenvalue weighted by atomic mass is 10.0. The molecule has 0 aliphatic carbocycles. The molecule has 0 fully saturated rings. The maximum absolute atomic E-state index is 12.6. The van der Waals surface area contributed by atoms with Crippen LogP contribution in [0.4, 0.5) is 0 Å². The second kappa shape index (κ2) is 7.86. The molecule has 0 saturated heterocycles. The number of para-hydroxylation sites is 1. The van der Waals surface area contributed by atoms with Crippen LogP contribution in [-0.4, -0.2) is 35.6 Å². The number of ether oxygens (including phenoxy) is 2. The molecule has 0 unspecified atom stereocenters. The zero-order valence-corrected chi connectivity index (χ0v) is 16.1. The van der Waals surface area contributed by atoms with Crippen LogP contribution in [0.25, 0.3) is 11.4 Å². The van der Waals surface area contributed by atoms with Gasteiger partial charge in [-0.05, 0) is 12.5 Å². The third kappa shape index (κ3) is 3.51. The van der Waals surface area contributed by atoms with Crippen molar-refractivity contribution in [3.05, 3.63) is 75.7 Å². The van der Waals surface area contributed by atoms with Gasteiger partial charge >= 0.3 is 0 Å². The van der Waals surface area contributed by atoms with Gasteiger partial charge in [0, 0.05) is 36.3 Å². The smallest absolute Gasteiger partial charge is 0.254 e. The Kier molecular flexibility index (Phi) is 5.12. The van der Waals surface area contributed by atoms with E-state index in [-0.39, 0.29) is 5.56 Å². The lowest BCUT2D eigenvalue weighted by Gasteiger charge is -2.28. The first-order chi connectivity index (χ1) is 13.7. The Morgan fingerprint density at radius 2 is 1.89 bits per heavy atom. The number of nitrogens with one attached hydrogen (secondary N) is 1. The van der Waals surface area contributed by atoms with Crippen molar-refractivity contribution < 1.29 is 9.47 Å². The molecule has 1 aromatic heterocycles. The fourth-order valence-corrected chi connectivity index (χ4v) is 3.68. The molecule has 0 amide bonds. The number of rotatable bonds is 5. The second-order valence-electron chi connectivity index (χ2n) is 6.82. The first-order valence-electron chi connectivity index (χ1n) is 9.29. The Morgan fingerprint density at radius 1 is 1.07 bits per heavy atom. The highest BCUT2D eigenvalue weighted by Crippen LogP contribution is 2.32. The van der Waals surface area contributed by atoms with Crippen molar-refractivity contribution in [2.45, 2.75) is 19.5 Å². The van der Waals surface area contributed by atoms with Crippen LogP contribution in [0.1, 0.15) is 16.8 Å². The molecule has 1 N–H and O–H groups in total. The molecule has 28 heavy (non-hydrogen) atoms. The van der Waals surface area contributed by atoms with E-state index in [9.17, 15) is 4.79 Å². The number of fused-ring (bicyclic) bond motifs is 1. The fraction of sp³-hybridized carbons (Fsp3) is 0.273. The lowest BCUT2D eigenvalue weighted by Crippen LogP contribution is -2.35. The highest BCUT2D eigenvalue weighted by atomic mass is 16.5. The molecule has 6 nitrogen and oxygen atoms in total. The van der Waals surface area contributed by atoms with Crippen molar-refractivity contribution in [1.82, 2.24) is 14.9 Å². The molecule has 1 aliphatic rings. The van der Waals surface area contributed by atoms with Gasteiger partial charge in [-0.2, -0.15) is 0 Å². The molecule has 3 aromatic rings. The van der Waals surface area contributed by atoms with Gasteiger partial charge in [0.05, 0.1) is 19.9 Å². The van der Waals surface area contributed by atoms with Gasteiger partial charge in [-0.3, -0.25) is 9.69 Å². The zero-order valence-electron chi connectivity index (χ0n) is 16.1. The molecule has 0 radical (unpaired) electrons. The zero-order chi connectivity index (χ0) is 19.5. The molecule has 0 spiro atoms. The van der Waals surface area contributed by atoms with Gasteiger partial charge in [-0.15, -0.1) is 0 Å². The van der Waals surface area contributed by atoms with Gasteiger partial charge in [0.25, 0.3) is 5.56 Å². The van der Waals surface area contributed by atoms with Gasteiger partial charge in [0.2, 0.25) is 0 Å². The van der Waals surface area contributed by atoms with E-state index in [2.05, 4.69) is 9.88 Å². The van der Waals surface area contributed by atoms with Gasteiger partial charge in [-0.25, -0.2) is 4.98 Å². The largest absolute Gasteiger partial charge is 0.493 e. The number of hydrogen-bond donors (Lipinski definition) is 1. The summed E-state index contributed by atoms with van der Waals surface area (Å²) >= 11 is 0. The van der Waals surface area contributed by atoms with Crippen LogP contribution in [0.3, 0.4) is 0 Å². The summed E-state index contributed by atoms with van der Waals surface area (Å²) in [5.74, 6) is 2.09. The van der Waals surface area contributed by atoms with Crippen molar-refractivity contribution >= 4 is 0 Å². The number of aromatic nitrogens is 2. The molecule has 144 valence electrons. The van der Waals surface area contributed by atoms with Crippen molar-refractivity contribution in [3.63, 3.8) is 0 Å². The second-order valence-corrected chi connectivity index (χ2v) is 6.82. The van der Waals surface area contributed by atoms with Crippen LogP contribution in [0, 0.1) is 0 Å². The number of methoxy groups -OCH3 is 2. The first kappa shape index (κ1) is 18.3. The van der Waals surface area contributed by atoms with Crippen molar-refractivity contribution in [2.24, 2.45) is 0 Å². The first-order valence-corrected chi connectivity index (χ1v) is 9.29. The molecular weight excluding hydrogens is 354 g/mol. The minimum Gasteiger partial charge on any atom is -0.493 e. The van der Waals surface area contributed by atoms with E-state index < -0.39 is 0 Å². The predicted molar refractivity (Wildman–Crippen MR) is 108 cm³/mol. The van der Waals surface area contributed by atoms with Crippen molar-refractivity contribution in [2.75, 3.05) is 20.8 Å². The number of hydrogen-bond acceptors (Lipinski definition) is 5. The van der Waals surface area contributed by atoms with Gasteiger partial charge in [0.1, 0.15) is 5.82 Å². The van der Waals surface area contributed by atoms with E-state index >= 15 is 0 Å². The van der Waals surface area contributed by atoms with Gasteiger partial charge in [0.15, 0.2) is 11.5 Å². The Hall–Kier alpha value is -3.12. The minimum absolute atomic E-state index is 0.0394. The molecule has 0 saturated carbocycles. The summed E-state index contributed by atoms with van der Waals surface area (Å²) < 4.78 is 11.0. The fourth-order valence-electron chi connectivity index (χ4n) is 3.68. The number of nitrogens with zero attached hydrogens (tertiary/aromatic N) is 2. The quantitative estimate of drug-likeness (QED) is 0.740. The summed E-state index contributed by atoms with van der Waals surface area (Å²) in [6, 6.07) is 15.6. The van der Waals surface area contributed by atoms with Crippen LogP contribution in [0.15, 0.2) is 53.3 Å². The average molecular weight is 377 g/mol. The molecule has 0 bridgehead atoms. The van der Waals surface area contributed by atoms with Gasteiger partial charge < -0.3 is 14.5 Å². The standard InChI is InChI=1S/C22H23N3O3/c1-27-19-10-6-9-16(20(19)28-2)13-25-12-11-17-18(14-25)23-21(24-22(17)26)15-7-4-3-5-8-15/h3-10H,11-14H2,1-2H3,(H,23,24,26). The third-order valence-electron chi connectivity index (χ3n) is 5.08. The maximum Gasteiger partial charge on any atom is 0.254 e. The highest BCUT2D eigenvalue weighted by Gasteiger charge is 2.23. The molecule has 2 aromatic carbocycles. The van der Waals surface area contributed by atoms with E-state index in [1.54, 1.807) is 14.2 Å². The summed E-state index contributed by atoms with van der Waals surface area (Å²) in [6.45, 7) is 2.12. The third-order valence-corrected chi connectivity index (χ3v) is 5.08. The molecule has 2 heterocycles. The SMILES string of the molecule is COc1cccc(CN2CCc3c(nc(-c4ccccc4)[nH]c3=O)C2)c1OC. The summed E-state index contributed by atoms with van der Waals surface area (Å²) in [7, 11) is 3.29. The van der Waals surface area contributed by atoms with Crippen LogP contribution in [-0.2, 0) is 19.5 Å². The minimum atomic E-state index is -0.0394. The molecule has 4 rings (SSSR count). The lowest BCUT2D eigenvalue weighted by molar-refractivity contribution is 0.235. The van der Waals surface area contributed by atoms with E-state index in [0.717, 1.165) is 40.4 Å². The maximum atomic E-state index is 12.6. The Morgan fingerprint density at radius 3 is 2.64 bits per heavy atom. The Balaban J connectivity index is 1.62. The number of benzene rings is 2. The van der Waals surface area contributed by atoms with Crippen LogP contribution in [0.2, 0.25) is 0 Å². The predicted octanol–water partition coefficient (Wildman–Crippen LogP) is 3.01.